The van der Waals surface area contributed by atoms with Crippen LogP contribution < -0.4 is 27.7 Å². The third-order valence-corrected chi connectivity index (χ3v) is 6.29. The van der Waals surface area contributed by atoms with Gasteiger partial charge < -0.3 is 21.2 Å². The summed E-state index contributed by atoms with van der Waals surface area (Å²) in [6.45, 7) is 4.63. The summed E-state index contributed by atoms with van der Waals surface area (Å²) in [5.74, 6) is 5.15. The highest BCUT2D eigenvalue weighted by Crippen LogP contribution is 2.40. The van der Waals surface area contributed by atoms with Crippen LogP contribution in [-0.2, 0) is 4.74 Å². The zero-order valence-corrected chi connectivity index (χ0v) is 16.4. The van der Waals surface area contributed by atoms with E-state index in [0.717, 1.165) is 12.8 Å². The van der Waals surface area contributed by atoms with Crippen molar-refractivity contribution in [3.8, 4) is 0 Å². The lowest BCUT2D eigenvalue weighted by Crippen LogP contribution is -2.50. The number of nitrogens with zero attached hydrogens (tertiary/aromatic N) is 3. The number of methoxy groups -OCH3 is 1. The number of aryl methyl sites for hydroxylation is 1. The van der Waals surface area contributed by atoms with E-state index < -0.39 is 22.7 Å². The van der Waals surface area contributed by atoms with Crippen molar-refractivity contribution in [2.24, 2.45) is 5.73 Å². The molecule has 2 aromatic rings. The summed E-state index contributed by atoms with van der Waals surface area (Å²) in [4.78, 5) is 27.1. The first kappa shape index (κ1) is 18.9. The van der Waals surface area contributed by atoms with Crippen LogP contribution in [-0.4, -0.2) is 41.1 Å². The van der Waals surface area contributed by atoms with Crippen molar-refractivity contribution in [1.82, 2.24) is 9.24 Å². The fourth-order valence-corrected chi connectivity index (χ4v) is 4.44. The van der Waals surface area contributed by atoms with Gasteiger partial charge in [0.05, 0.1) is 16.6 Å². The molecule has 2 unspecified atom stereocenters. The molecule has 1 aliphatic carbocycles. The van der Waals surface area contributed by atoms with E-state index in [1.165, 1.54) is 6.07 Å². The first-order valence-electron chi connectivity index (χ1n) is 9.53. The van der Waals surface area contributed by atoms with Gasteiger partial charge in [0, 0.05) is 37.8 Å². The third-order valence-electron chi connectivity index (χ3n) is 6.29. The monoisotopic (exact) mass is 391 g/mol. The van der Waals surface area contributed by atoms with Crippen LogP contribution in [0, 0.1) is 12.7 Å². The van der Waals surface area contributed by atoms with Crippen LogP contribution in [0.4, 0.5) is 10.1 Å². The Hall–Kier alpha value is -2.39. The summed E-state index contributed by atoms with van der Waals surface area (Å²) in [6, 6.07) is 0.962. The standard InChI is InChI=1S/C19H26FN5O3/c1-10-15-13(17(26)25(22)18(27)24(15)12-4-5-12)8-14(20)16(10)23-7-6-19(9-23,28-3)11(2)21/h8,11-12H,4-7,9,21-22H2,1-3H3. The molecule has 4 N–H and O–H groups in total. The van der Waals surface area contributed by atoms with Crippen LogP contribution in [0.1, 0.15) is 37.8 Å². The van der Waals surface area contributed by atoms with Crippen LogP contribution >= 0.6 is 0 Å². The lowest BCUT2D eigenvalue weighted by Gasteiger charge is -2.32. The largest absolute Gasteiger partial charge is 0.375 e. The van der Waals surface area contributed by atoms with Crippen molar-refractivity contribution in [3.63, 3.8) is 0 Å². The number of benzene rings is 1. The number of nitrogen functional groups attached to an aromatic ring is 1. The van der Waals surface area contributed by atoms with Gasteiger partial charge in [-0.2, -0.15) is 4.68 Å². The minimum absolute atomic E-state index is 0.0110. The SMILES string of the molecule is COC1(C(C)N)CCN(c2c(F)cc3c(=O)n(N)c(=O)n(C4CC4)c3c2C)C1. The maximum atomic E-state index is 15.2. The summed E-state index contributed by atoms with van der Waals surface area (Å²) < 4.78 is 23.0. The number of nitrogens with two attached hydrogens (primary N) is 2. The van der Waals surface area contributed by atoms with Gasteiger partial charge in [0.25, 0.3) is 5.56 Å². The molecule has 0 amide bonds. The average Bonchev–Trinajstić information content (AvgIpc) is 3.39. The Kier molecular flexibility index (Phi) is 4.27. The zero-order chi connectivity index (χ0) is 20.4. The molecule has 9 heteroatoms. The van der Waals surface area contributed by atoms with Gasteiger partial charge in [0.15, 0.2) is 0 Å². The lowest BCUT2D eigenvalue weighted by molar-refractivity contribution is -0.00813. The molecule has 1 aromatic carbocycles. The molecule has 0 spiro atoms. The number of anilines is 1. The van der Waals surface area contributed by atoms with Crippen molar-refractivity contribution in [3.05, 3.63) is 38.3 Å². The summed E-state index contributed by atoms with van der Waals surface area (Å²) in [5, 5.41) is 0.122. The number of hydrogen-bond donors (Lipinski definition) is 2. The Labute approximate surface area is 161 Å². The van der Waals surface area contributed by atoms with Crippen LogP contribution in [0.25, 0.3) is 10.9 Å². The number of hydrogen-bond acceptors (Lipinski definition) is 6. The molecule has 2 aliphatic rings. The normalized spacial score (nSPS) is 23.5. The quantitative estimate of drug-likeness (QED) is 0.739. The molecule has 2 heterocycles. The van der Waals surface area contributed by atoms with Crippen molar-refractivity contribution in [2.45, 2.75) is 50.8 Å². The summed E-state index contributed by atoms with van der Waals surface area (Å²) >= 11 is 0. The highest BCUT2D eigenvalue weighted by molar-refractivity contribution is 5.87. The van der Waals surface area contributed by atoms with Crippen LogP contribution in [0.15, 0.2) is 15.7 Å². The van der Waals surface area contributed by atoms with E-state index in [-0.39, 0.29) is 17.5 Å². The average molecular weight is 391 g/mol. The van der Waals surface area contributed by atoms with Crippen molar-refractivity contribution in [2.75, 3.05) is 30.9 Å². The summed E-state index contributed by atoms with van der Waals surface area (Å²) in [6.07, 6.45) is 2.33. The fourth-order valence-electron chi connectivity index (χ4n) is 4.44. The summed E-state index contributed by atoms with van der Waals surface area (Å²) in [7, 11) is 1.62. The highest BCUT2D eigenvalue weighted by Gasteiger charge is 2.43. The maximum Gasteiger partial charge on any atom is 0.350 e. The Morgan fingerprint density at radius 3 is 2.57 bits per heavy atom. The maximum absolute atomic E-state index is 15.2. The molecular weight excluding hydrogens is 365 g/mol. The van der Waals surface area contributed by atoms with E-state index in [9.17, 15) is 9.59 Å². The molecule has 0 radical (unpaired) electrons. The van der Waals surface area contributed by atoms with Crippen LogP contribution in [0.2, 0.25) is 0 Å². The van der Waals surface area contributed by atoms with Gasteiger partial charge in [-0.1, -0.05) is 0 Å². The first-order valence-corrected chi connectivity index (χ1v) is 9.53. The first-order chi connectivity index (χ1) is 13.2. The van der Waals surface area contributed by atoms with E-state index >= 15 is 4.39 Å². The number of aromatic nitrogens is 2. The molecule has 8 nitrogen and oxygen atoms in total. The Morgan fingerprint density at radius 2 is 2.04 bits per heavy atom. The van der Waals surface area contributed by atoms with Gasteiger partial charge in [-0.05, 0) is 39.2 Å². The number of fused-ring (bicyclic) bond motifs is 1. The zero-order valence-electron chi connectivity index (χ0n) is 16.4. The molecule has 2 atom stereocenters. The Balaban J connectivity index is 1.95. The lowest BCUT2D eigenvalue weighted by atomic mass is 9.95. The number of halogens is 1. The molecule has 1 saturated heterocycles. The minimum Gasteiger partial charge on any atom is -0.375 e. The van der Waals surface area contributed by atoms with Crippen molar-refractivity contribution < 1.29 is 9.13 Å². The number of rotatable bonds is 4. The van der Waals surface area contributed by atoms with Crippen LogP contribution in [0.3, 0.4) is 0 Å². The predicted octanol–water partition coefficient (Wildman–Crippen LogP) is 0.602. The molecule has 4 rings (SSSR count). The molecule has 28 heavy (non-hydrogen) atoms. The molecule has 152 valence electrons. The molecule has 1 saturated carbocycles. The van der Waals surface area contributed by atoms with Crippen molar-refractivity contribution >= 4 is 16.6 Å². The van der Waals surface area contributed by atoms with Gasteiger partial charge in [0.2, 0.25) is 0 Å². The fraction of sp³-hybridized carbons (Fsp3) is 0.579. The van der Waals surface area contributed by atoms with Gasteiger partial charge in [-0.15, -0.1) is 0 Å². The molecule has 1 aliphatic heterocycles. The van der Waals surface area contributed by atoms with E-state index in [0.29, 0.717) is 41.0 Å². The van der Waals surface area contributed by atoms with Gasteiger partial charge >= 0.3 is 5.69 Å². The van der Waals surface area contributed by atoms with E-state index in [1.54, 1.807) is 18.6 Å². The minimum atomic E-state index is -0.686. The van der Waals surface area contributed by atoms with Gasteiger partial charge in [-0.3, -0.25) is 9.36 Å². The molecule has 2 fully saturated rings. The smallest absolute Gasteiger partial charge is 0.350 e. The van der Waals surface area contributed by atoms with Gasteiger partial charge in [0.1, 0.15) is 11.4 Å². The molecule has 0 bridgehead atoms. The second-order valence-corrected chi connectivity index (χ2v) is 8.02. The highest BCUT2D eigenvalue weighted by atomic mass is 19.1. The predicted molar refractivity (Wildman–Crippen MR) is 106 cm³/mol. The molecular formula is C19H26FN5O3. The Bertz CT molecular complexity index is 1070. The van der Waals surface area contributed by atoms with E-state index in [4.69, 9.17) is 16.3 Å². The second-order valence-electron chi connectivity index (χ2n) is 8.02. The van der Waals surface area contributed by atoms with Gasteiger partial charge in [-0.25, -0.2) is 9.18 Å². The molecule has 1 aromatic heterocycles. The van der Waals surface area contributed by atoms with E-state index in [2.05, 4.69) is 0 Å². The third kappa shape index (κ3) is 2.56. The number of ether oxygens (including phenoxy) is 1. The van der Waals surface area contributed by atoms with Crippen LogP contribution in [0.5, 0.6) is 0 Å². The summed E-state index contributed by atoms with van der Waals surface area (Å²) in [5.41, 5.74) is 5.72. The van der Waals surface area contributed by atoms with E-state index in [1.807, 2.05) is 11.8 Å². The Morgan fingerprint density at radius 1 is 1.36 bits per heavy atom. The topological polar surface area (TPSA) is 109 Å². The van der Waals surface area contributed by atoms with Crippen molar-refractivity contribution in [1.29, 1.82) is 0 Å². The second kappa shape index (κ2) is 6.31.